The number of nitrogens with zero attached hydrogens (tertiary/aromatic N) is 3. The number of amides is 1. The van der Waals surface area contributed by atoms with Gasteiger partial charge in [-0.05, 0) is 30.5 Å². The van der Waals surface area contributed by atoms with Crippen molar-refractivity contribution in [3.63, 3.8) is 0 Å². The standard InChI is InChI=1S/C17H21N3O4/c1-10-5-6-20(8-12(10)17(23)24)16(22)11-3-4-14-13(7-11)18-15(9-21)19(14)2/h3-4,7,10,12,21H,5-6,8-9H2,1-2H3,(H,23,24)/t10-,12+/m1/s1. The molecular weight excluding hydrogens is 310 g/mol. The van der Waals surface area contributed by atoms with Gasteiger partial charge in [0.1, 0.15) is 12.4 Å². The number of imidazole rings is 1. The van der Waals surface area contributed by atoms with E-state index in [1.54, 1.807) is 27.7 Å². The zero-order valence-electron chi connectivity index (χ0n) is 13.8. The Labute approximate surface area is 139 Å². The molecule has 2 atom stereocenters. The highest BCUT2D eigenvalue weighted by Crippen LogP contribution is 2.25. The summed E-state index contributed by atoms with van der Waals surface area (Å²) in [5.74, 6) is -0.953. The predicted molar refractivity (Wildman–Crippen MR) is 87.4 cm³/mol. The zero-order chi connectivity index (χ0) is 17.4. The normalized spacial score (nSPS) is 21.2. The largest absolute Gasteiger partial charge is 0.481 e. The van der Waals surface area contributed by atoms with Gasteiger partial charge >= 0.3 is 5.97 Å². The van der Waals surface area contributed by atoms with E-state index in [9.17, 15) is 19.8 Å². The van der Waals surface area contributed by atoms with Crippen molar-refractivity contribution >= 4 is 22.9 Å². The molecule has 3 rings (SSSR count). The number of hydrogen-bond acceptors (Lipinski definition) is 4. The molecule has 1 aliphatic heterocycles. The number of aryl methyl sites for hydroxylation is 1. The molecule has 0 unspecified atom stereocenters. The van der Waals surface area contributed by atoms with E-state index in [0.717, 1.165) is 5.52 Å². The summed E-state index contributed by atoms with van der Waals surface area (Å²) in [6.07, 6.45) is 0.684. The SMILES string of the molecule is C[C@@H]1CCN(C(=O)c2ccc3c(c2)nc(CO)n3C)C[C@@H]1C(=O)O. The molecule has 7 nitrogen and oxygen atoms in total. The molecule has 0 saturated carbocycles. The number of aromatic nitrogens is 2. The molecule has 24 heavy (non-hydrogen) atoms. The number of carbonyl (C=O) groups is 2. The van der Waals surface area contributed by atoms with Crippen molar-refractivity contribution in [2.45, 2.75) is 20.0 Å². The Hall–Kier alpha value is -2.41. The van der Waals surface area contributed by atoms with Crippen molar-refractivity contribution in [1.29, 1.82) is 0 Å². The molecular formula is C17H21N3O4. The Bertz CT molecular complexity index is 798. The first-order valence-corrected chi connectivity index (χ1v) is 8.00. The summed E-state index contributed by atoms with van der Waals surface area (Å²) in [6.45, 7) is 2.54. The number of aliphatic hydroxyl groups excluding tert-OH is 1. The molecule has 2 aromatic rings. The van der Waals surface area contributed by atoms with Crippen LogP contribution in [0.2, 0.25) is 0 Å². The van der Waals surface area contributed by atoms with E-state index in [-0.39, 0.29) is 25.0 Å². The smallest absolute Gasteiger partial charge is 0.308 e. The van der Waals surface area contributed by atoms with E-state index >= 15 is 0 Å². The topological polar surface area (TPSA) is 95.7 Å². The van der Waals surface area contributed by atoms with Crippen LogP contribution in [0.4, 0.5) is 0 Å². The van der Waals surface area contributed by atoms with Gasteiger partial charge in [0.2, 0.25) is 0 Å². The van der Waals surface area contributed by atoms with Crippen LogP contribution in [0.15, 0.2) is 18.2 Å². The minimum absolute atomic E-state index is 0.0666. The van der Waals surface area contributed by atoms with E-state index in [2.05, 4.69) is 4.98 Å². The highest BCUT2D eigenvalue weighted by molar-refractivity contribution is 5.97. The molecule has 1 fully saturated rings. The van der Waals surface area contributed by atoms with Gasteiger partial charge in [-0.2, -0.15) is 0 Å². The summed E-state index contributed by atoms with van der Waals surface area (Å²) in [5, 5.41) is 18.6. The van der Waals surface area contributed by atoms with Gasteiger partial charge in [0.05, 0.1) is 17.0 Å². The first kappa shape index (κ1) is 16.4. The molecule has 0 spiro atoms. The van der Waals surface area contributed by atoms with Crippen molar-refractivity contribution in [2.75, 3.05) is 13.1 Å². The van der Waals surface area contributed by atoms with Crippen molar-refractivity contribution in [2.24, 2.45) is 18.9 Å². The quantitative estimate of drug-likeness (QED) is 0.882. The Morgan fingerprint density at radius 3 is 2.79 bits per heavy atom. The number of fused-ring (bicyclic) bond motifs is 1. The molecule has 1 aliphatic rings. The van der Waals surface area contributed by atoms with E-state index in [1.165, 1.54) is 0 Å². The summed E-state index contributed by atoms with van der Waals surface area (Å²) < 4.78 is 1.78. The Balaban J connectivity index is 1.87. The minimum atomic E-state index is -0.854. The third kappa shape index (κ3) is 2.75. The number of hydrogen-bond donors (Lipinski definition) is 2. The second kappa shape index (κ2) is 6.24. The van der Waals surface area contributed by atoms with Crippen LogP contribution in [-0.2, 0) is 18.4 Å². The van der Waals surface area contributed by atoms with Crippen LogP contribution in [0.25, 0.3) is 11.0 Å². The number of benzene rings is 1. The average molecular weight is 331 g/mol. The van der Waals surface area contributed by atoms with E-state index < -0.39 is 11.9 Å². The fourth-order valence-corrected chi connectivity index (χ4v) is 3.28. The molecule has 0 radical (unpaired) electrons. The van der Waals surface area contributed by atoms with Gasteiger partial charge in [-0.25, -0.2) is 4.98 Å². The van der Waals surface area contributed by atoms with E-state index in [0.29, 0.717) is 29.9 Å². The number of aliphatic hydroxyl groups is 1. The molecule has 1 aromatic carbocycles. The predicted octanol–water partition coefficient (Wildman–Crippen LogP) is 1.25. The van der Waals surface area contributed by atoms with Gasteiger partial charge in [-0.15, -0.1) is 0 Å². The lowest BCUT2D eigenvalue weighted by Crippen LogP contribution is -2.45. The summed E-state index contributed by atoms with van der Waals surface area (Å²) >= 11 is 0. The highest BCUT2D eigenvalue weighted by Gasteiger charge is 2.33. The van der Waals surface area contributed by atoms with Crippen LogP contribution < -0.4 is 0 Å². The fourth-order valence-electron chi connectivity index (χ4n) is 3.28. The Morgan fingerprint density at radius 1 is 1.38 bits per heavy atom. The maximum absolute atomic E-state index is 12.7. The maximum Gasteiger partial charge on any atom is 0.308 e. The highest BCUT2D eigenvalue weighted by atomic mass is 16.4. The van der Waals surface area contributed by atoms with Crippen LogP contribution in [0, 0.1) is 11.8 Å². The number of aliphatic carboxylic acids is 1. The van der Waals surface area contributed by atoms with Gasteiger partial charge in [0.25, 0.3) is 5.91 Å². The van der Waals surface area contributed by atoms with Crippen molar-refractivity contribution < 1.29 is 19.8 Å². The molecule has 1 saturated heterocycles. The summed E-state index contributed by atoms with van der Waals surface area (Å²) in [6, 6.07) is 5.22. The molecule has 128 valence electrons. The summed E-state index contributed by atoms with van der Waals surface area (Å²) in [4.78, 5) is 30.0. The summed E-state index contributed by atoms with van der Waals surface area (Å²) in [5.41, 5.74) is 1.97. The van der Waals surface area contributed by atoms with E-state index in [1.807, 2.05) is 14.0 Å². The lowest BCUT2D eigenvalue weighted by atomic mass is 9.87. The second-order valence-electron chi connectivity index (χ2n) is 6.41. The Morgan fingerprint density at radius 2 is 2.12 bits per heavy atom. The second-order valence-corrected chi connectivity index (χ2v) is 6.41. The monoisotopic (exact) mass is 331 g/mol. The molecule has 2 heterocycles. The molecule has 7 heteroatoms. The lowest BCUT2D eigenvalue weighted by Gasteiger charge is -2.34. The number of piperidine rings is 1. The minimum Gasteiger partial charge on any atom is -0.481 e. The van der Waals surface area contributed by atoms with Crippen LogP contribution in [0.3, 0.4) is 0 Å². The van der Waals surface area contributed by atoms with Gasteiger partial charge in [-0.1, -0.05) is 6.92 Å². The van der Waals surface area contributed by atoms with E-state index in [4.69, 9.17) is 0 Å². The Kier molecular flexibility index (Phi) is 4.28. The lowest BCUT2D eigenvalue weighted by molar-refractivity contribution is -0.145. The van der Waals surface area contributed by atoms with Crippen molar-refractivity contribution in [1.82, 2.24) is 14.5 Å². The maximum atomic E-state index is 12.7. The first-order valence-electron chi connectivity index (χ1n) is 8.00. The van der Waals surface area contributed by atoms with Gasteiger partial charge in [0.15, 0.2) is 0 Å². The zero-order valence-corrected chi connectivity index (χ0v) is 13.8. The first-order chi connectivity index (χ1) is 11.4. The number of likely N-dealkylation sites (tertiary alicyclic amines) is 1. The van der Waals surface area contributed by atoms with Gasteiger partial charge in [0, 0.05) is 25.7 Å². The van der Waals surface area contributed by atoms with Crippen LogP contribution >= 0.6 is 0 Å². The average Bonchev–Trinajstić information content (AvgIpc) is 2.90. The molecule has 1 aromatic heterocycles. The van der Waals surface area contributed by atoms with Gasteiger partial charge < -0.3 is 19.7 Å². The molecule has 2 N–H and O–H groups in total. The van der Waals surface area contributed by atoms with Crippen molar-refractivity contribution in [3.05, 3.63) is 29.6 Å². The number of carbonyl (C=O) groups excluding carboxylic acids is 1. The third-order valence-electron chi connectivity index (χ3n) is 4.92. The molecule has 0 bridgehead atoms. The number of carboxylic acid groups (broad SMARTS) is 1. The van der Waals surface area contributed by atoms with Gasteiger partial charge in [-0.3, -0.25) is 9.59 Å². The van der Waals surface area contributed by atoms with Crippen LogP contribution in [0.5, 0.6) is 0 Å². The molecule has 1 amide bonds. The van der Waals surface area contributed by atoms with Crippen LogP contribution in [0.1, 0.15) is 29.5 Å². The van der Waals surface area contributed by atoms with Crippen LogP contribution in [-0.4, -0.2) is 49.6 Å². The summed E-state index contributed by atoms with van der Waals surface area (Å²) in [7, 11) is 1.81. The van der Waals surface area contributed by atoms with Crippen molar-refractivity contribution in [3.8, 4) is 0 Å². The number of rotatable bonds is 3. The molecule has 0 aliphatic carbocycles. The number of carboxylic acids is 1. The third-order valence-corrected chi connectivity index (χ3v) is 4.92. The fraction of sp³-hybridized carbons (Fsp3) is 0.471.